The molecule has 1 aliphatic heterocycles. The van der Waals surface area contributed by atoms with Gasteiger partial charge in [0.15, 0.2) is 0 Å². The lowest BCUT2D eigenvalue weighted by Crippen LogP contribution is -2.49. The zero-order valence-corrected chi connectivity index (χ0v) is 12.1. The smallest absolute Gasteiger partial charge is 0.254 e. The molecule has 0 aliphatic carbocycles. The highest BCUT2D eigenvalue weighted by Crippen LogP contribution is 2.24. The summed E-state index contributed by atoms with van der Waals surface area (Å²) in [5.41, 5.74) is 6.32. The number of nitrogens with two attached hydrogens (primary N) is 1. The Morgan fingerprint density at radius 2 is 2.15 bits per heavy atom. The quantitative estimate of drug-likeness (QED) is 0.847. The van der Waals surface area contributed by atoms with Crippen LogP contribution in [0.25, 0.3) is 0 Å². The molecular formula is C14H22N4O2. The van der Waals surface area contributed by atoms with E-state index in [4.69, 9.17) is 10.5 Å². The van der Waals surface area contributed by atoms with Gasteiger partial charge in [-0.3, -0.25) is 4.79 Å². The van der Waals surface area contributed by atoms with E-state index in [1.165, 1.54) is 4.90 Å². The second-order valence-electron chi connectivity index (χ2n) is 5.35. The Bertz CT molecular complexity index is 453. The number of carbonyl (C=O) groups is 1. The maximum absolute atomic E-state index is 11.8. The molecule has 0 bridgehead atoms. The lowest BCUT2D eigenvalue weighted by molar-refractivity contribution is 0.0627. The van der Waals surface area contributed by atoms with Crippen molar-refractivity contribution in [3.8, 4) is 0 Å². The molecule has 3 N–H and O–H groups in total. The van der Waals surface area contributed by atoms with Crippen LogP contribution in [0.2, 0.25) is 0 Å². The largest absolute Gasteiger partial charge is 0.381 e. The van der Waals surface area contributed by atoms with E-state index in [0.717, 1.165) is 18.7 Å². The van der Waals surface area contributed by atoms with Crippen molar-refractivity contribution in [2.75, 3.05) is 39.2 Å². The molecule has 0 spiro atoms. The Balaban J connectivity index is 2.08. The first-order valence-corrected chi connectivity index (χ1v) is 6.80. The van der Waals surface area contributed by atoms with E-state index in [2.05, 4.69) is 10.3 Å². The molecule has 0 unspecified atom stereocenters. The maximum atomic E-state index is 11.8. The molecule has 0 radical (unpaired) electrons. The molecule has 1 aromatic rings. The molecule has 1 aromatic heterocycles. The Morgan fingerprint density at radius 3 is 2.65 bits per heavy atom. The lowest BCUT2D eigenvalue weighted by atomic mass is 9.90. The van der Waals surface area contributed by atoms with E-state index in [0.29, 0.717) is 25.3 Å². The van der Waals surface area contributed by atoms with Crippen LogP contribution in [-0.4, -0.2) is 55.2 Å². The van der Waals surface area contributed by atoms with Crippen LogP contribution in [0.1, 0.15) is 23.2 Å². The molecule has 0 atom stereocenters. The first kappa shape index (κ1) is 14.7. The van der Waals surface area contributed by atoms with Crippen molar-refractivity contribution in [1.29, 1.82) is 0 Å². The van der Waals surface area contributed by atoms with E-state index in [1.54, 1.807) is 26.4 Å². The van der Waals surface area contributed by atoms with Gasteiger partial charge in [0.2, 0.25) is 0 Å². The summed E-state index contributed by atoms with van der Waals surface area (Å²) in [4.78, 5) is 17.6. The van der Waals surface area contributed by atoms with Gasteiger partial charge in [0.05, 0.1) is 11.1 Å². The summed E-state index contributed by atoms with van der Waals surface area (Å²) in [6, 6.07) is 3.60. The number of amides is 1. The van der Waals surface area contributed by atoms with Crippen LogP contribution in [0.4, 0.5) is 5.82 Å². The first-order valence-electron chi connectivity index (χ1n) is 6.80. The van der Waals surface area contributed by atoms with Crippen molar-refractivity contribution in [1.82, 2.24) is 9.88 Å². The van der Waals surface area contributed by atoms with Crippen LogP contribution in [0.3, 0.4) is 0 Å². The number of ether oxygens (including phenoxy) is 1. The Labute approximate surface area is 119 Å². The van der Waals surface area contributed by atoms with Crippen LogP contribution in [-0.2, 0) is 4.74 Å². The molecule has 1 aliphatic rings. The highest BCUT2D eigenvalue weighted by Gasteiger charge is 2.31. The fourth-order valence-electron chi connectivity index (χ4n) is 2.27. The van der Waals surface area contributed by atoms with Gasteiger partial charge in [0, 0.05) is 40.1 Å². The fourth-order valence-corrected chi connectivity index (χ4v) is 2.27. The minimum Gasteiger partial charge on any atom is -0.381 e. The number of hydrogen-bond donors (Lipinski definition) is 2. The molecule has 2 rings (SSSR count). The van der Waals surface area contributed by atoms with Gasteiger partial charge in [-0.25, -0.2) is 4.98 Å². The van der Waals surface area contributed by atoms with Gasteiger partial charge in [-0.15, -0.1) is 0 Å². The molecule has 2 heterocycles. The fraction of sp³-hybridized carbons (Fsp3) is 0.571. The summed E-state index contributed by atoms with van der Waals surface area (Å²) >= 11 is 0. The predicted molar refractivity (Wildman–Crippen MR) is 77.7 cm³/mol. The van der Waals surface area contributed by atoms with E-state index >= 15 is 0 Å². The van der Waals surface area contributed by atoms with Crippen molar-refractivity contribution in [2.24, 2.45) is 5.73 Å². The molecule has 6 heteroatoms. The highest BCUT2D eigenvalue weighted by atomic mass is 16.5. The van der Waals surface area contributed by atoms with Gasteiger partial charge < -0.3 is 20.7 Å². The van der Waals surface area contributed by atoms with Crippen LogP contribution >= 0.6 is 0 Å². The van der Waals surface area contributed by atoms with Crippen molar-refractivity contribution in [2.45, 2.75) is 18.4 Å². The van der Waals surface area contributed by atoms with Crippen LogP contribution in [0.15, 0.2) is 18.3 Å². The third kappa shape index (κ3) is 3.26. The normalized spacial score (nSPS) is 17.6. The van der Waals surface area contributed by atoms with Crippen LogP contribution in [0.5, 0.6) is 0 Å². The minimum absolute atomic E-state index is 0.0522. The summed E-state index contributed by atoms with van der Waals surface area (Å²) in [6.07, 6.45) is 3.32. The summed E-state index contributed by atoms with van der Waals surface area (Å²) in [6.45, 7) is 1.96. The molecule has 0 aromatic carbocycles. The second-order valence-corrected chi connectivity index (χ2v) is 5.35. The number of pyridine rings is 1. The van der Waals surface area contributed by atoms with E-state index in [-0.39, 0.29) is 11.4 Å². The standard InChI is InChI=1S/C14H22N4O2/c1-18(2)13(19)11-3-4-12(16-9-11)17-14(10-15)5-7-20-8-6-14/h3-4,9H,5-8,10,15H2,1-2H3,(H,16,17). The van der Waals surface area contributed by atoms with Crippen molar-refractivity contribution in [3.05, 3.63) is 23.9 Å². The van der Waals surface area contributed by atoms with Gasteiger partial charge in [0.1, 0.15) is 5.82 Å². The average molecular weight is 278 g/mol. The number of aromatic nitrogens is 1. The second kappa shape index (κ2) is 6.19. The molecule has 0 saturated carbocycles. The number of carbonyl (C=O) groups excluding carboxylic acids is 1. The topological polar surface area (TPSA) is 80.5 Å². The van der Waals surface area contributed by atoms with Crippen molar-refractivity contribution >= 4 is 11.7 Å². The molecule has 1 fully saturated rings. The molecule has 1 saturated heterocycles. The molecule has 6 nitrogen and oxygen atoms in total. The number of hydrogen-bond acceptors (Lipinski definition) is 5. The third-order valence-corrected chi connectivity index (χ3v) is 3.65. The summed E-state index contributed by atoms with van der Waals surface area (Å²) < 4.78 is 5.38. The zero-order chi connectivity index (χ0) is 14.6. The van der Waals surface area contributed by atoms with Gasteiger partial charge in [-0.05, 0) is 25.0 Å². The number of anilines is 1. The third-order valence-electron chi connectivity index (χ3n) is 3.65. The van der Waals surface area contributed by atoms with E-state index < -0.39 is 0 Å². The van der Waals surface area contributed by atoms with Gasteiger partial charge in [0.25, 0.3) is 5.91 Å². The highest BCUT2D eigenvalue weighted by molar-refractivity contribution is 5.93. The summed E-state index contributed by atoms with van der Waals surface area (Å²) in [7, 11) is 3.44. The van der Waals surface area contributed by atoms with E-state index in [9.17, 15) is 4.79 Å². The van der Waals surface area contributed by atoms with Gasteiger partial charge >= 0.3 is 0 Å². The van der Waals surface area contributed by atoms with Crippen molar-refractivity contribution < 1.29 is 9.53 Å². The van der Waals surface area contributed by atoms with Crippen LogP contribution < -0.4 is 11.1 Å². The zero-order valence-electron chi connectivity index (χ0n) is 12.1. The lowest BCUT2D eigenvalue weighted by Gasteiger charge is -2.37. The molecule has 20 heavy (non-hydrogen) atoms. The number of rotatable bonds is 4. The van der Waals surface area contributed by atoms with Crippen molar-refractivity contribution in [3.63, 3.8) is 0 Å². The van der Waals surface area contributed by atoms with E-state index in [1.807, 2.05) is 6.07 Å². The first-order chi connectivity index (χ1) is 9.56. The average Bonchev–Trinajstić information content (AvgIpc) is 2.48. The molecular weight excluding hydrogens is 256 g/mol. The Morgan fingerprint density at radius 1 is 1.45 bits per heavy atom. The van der Waals surface area contributed by atoms with Gasteiger partial charge in [-0.1, -0.05) is 0 Å². The Hall–Kier alpha value is -1.66. The predicted octanol–water partition coefficient (Wildman–Crippen LogP) is 0.703. The van der Waals surface area contributed by atoms with Gasteiger partial charge in [-0.2, -0.15) is 0 Å². The minimum atomic E-state index is -0.154. The summed E-state index contributed by atoms with van der Waals surface area (Å²) in [5, 5.41) is 3.40. The molecule has 1 amide bonds. The number of nitrogens with zero attached hydrogens (tertiary/aromatic N) is 2. The monoisotopic (exact) mass is 278 g/mol. The SMILES string of the molecule is CN(C)C(=O)c1ccc(NC2(CN)CCOCC2)nc1. The summed E-state index contributed by atoms with van der Waals surface area (Å²) in [5.74, 6) is 0.691. The van der Waals surface area contributed by atoms with Crippen LogP contribution in [0, 0.1) is 0 Å². The number of nitrogens with one attached hydrogen (secondary N) is 1. The molecule has 110 valence electrons. The maximum Gasteiger partial charge on any atom is 0.254 e. The Kier molecular flexibility index (Phi) is 4.57.